The zero-order valence-electron chi connectivity index (χ0n) is 7.44. The standard InChI is InChI=1S/C8H18N2/c1-5-8(6-2)10(4)7(3)9/h8-9H,5-6H2,1-4H3. The molecule has 0 aromatic rings. The molecule has 0 unspecified atom stereocenters. The van der Waals surface area contributed by atoms with Crippen molar-refractivity contribution in [3.63, 3.8) is 0 Å². The molecule has 0 rings (SSSR count). The minimum atomic E-state index is 0.553. The van der Waals surface area contributed by atoms with Gasteiger partial charge >= 0.3 is 0 Å². The molecule has 0 heterocycles. The van der Waals surface area contributed by atoms with Crippen LogP contribution in [0.3, 0.4) is 0 Å². The first-order chi connectivity index (χ1) is 4.63. The molecule has 0 fully saturated rings. The molecule has 0 atom stereocenters. The summed E-state index contributed by atoms with van der Waals surface area (Å²) in [7, 11) is 1.99. The van der Waals surface area contributed by atoms with Crippen LogP contribution in [0.1, 0.15) is 33.6 Å². The molecule has 1 N–H and O–H groups in total. The first-order valence-electron chi connectivity index (χ1n) is 3.91. The third-order valence-electron chi connectivity index (χ3n) is 2.02. The van der Waals surface area contributed by atoms with E-state index in [1.165, 1.54) is 0 Å². The largest absolute Gasteiger partial charge is 0.361 e. The van der Waals surface area contributed by atoms with E-state index in [1.807, 2.05) is 18.9 Å². The fourth-order valence-corrected chi connectivity index (χ4v) is 1.11. The second kappa shape index (κ2) is 4.31. The van der Waals surface area contributed by atoms with E-state index in [0.29, 0.717) is 11.9 Å². The molecule has 2 nitrogen and oxygen atoms in total. The van der Waals surface area contributed by atoms with Crippen LogP contribution in [0.5, 0.6) is 0 Å². The number of amidine groups is 1. The van der Waals surface area contributed by atoms with Gasteiger partial charge in [0.25, 0.3) is 0 Å². The van der Waals surface area contributed by atoms with E-state index in [9.17, 15) is 0 Å². The third kappa shape index (κ3) is 2.38. The van der Waals surface area contributed by atoms with Crippen molar-refractivity contribution in [2.24, 2.45) is 0 Å². The summed E-state index contributed by atoms with van der Waals surface area (Å²) in [5.41, 5.74) is 0. The average Bonchev–Trinajstić information content (AvgIpc) is 1.90. The maximum atomic E-state index is 7.36. The zero-order valence-corrected chi connectivity index (χ0v) is 7.44. The van der Waals surface area contributed by atoms with Crippen molar-refractivity contribution in [1.82, 2.24) is 4.90 Å². The molecule has 0 amide bonds. The predicted molar refractivity (Wildman–Crippen MR) is 45.5 cm³/mol. The Labute approximate surface area is 63.7 Å². The SMILES string of the molecule is CCC(CC)N(C)C(C)=N. The Morgan fingerprint density at radius 2 is 1.80 bits per heavy atom. The first kappa shape index (κ1) is 9.47. The van der Waals surface area contributed by atoms with Crippen LogP contribution < -0.4 is 0 Å². The number of hydrogen-bond acceptors (Lipinski definition) is 1. The van der Waals surface area contributed by atoms with Gasteiger partial charge in [-0.2, -0.15) is 0 Å². The summed E-state index contributed by atoms with van der Waals surface area (Å²) in [6.07, 6.45) is 2.26. The summed E-state index contributed by atoms with van der Waals surface area (Å²) in [5, 5.41) is 7.36. The molecular formula is C8H18N2. The Hall–Kier alpha value is -0.530. The number of nitrogens with one attached hydrogen (secondary N) is 1. The molecule has 0 aromatic heterocycles. The lowest BCUT2D eigenvalue weighted by Gasteiger charge is -2.26. The van der Waals surface area contributed by atoms with Gasteiger partial charge in [0.1, 0.15) is 0 Å². The molecule has 0 aliphatic carbocycles. The van der Waals surface area contributed by atoms with E-state index in [-0.39, 0.29) is 0 Å². The lowest BCUT2D eigenvalue weighted by atomic mass is 10.1. The highest BCUT2D eigenvalue weighted by Crippen LogP contribution is 2.05. The normalized spacial score (nSPS) is 10.1. The van der Waals surface area contributed by atoms with Gasteiger partial charge in [0.05, 0.1) is 5.84 Å². The van der Waals surface area contributed by atoms with Gasteiger partial charge in [0, 0.05) is 13.1 Å². The van der Waals surface area contributed by atoms with Crippen molar-refractivity contribution in [2.45, 2.75) is 39.7 Å². The zero-order chi connectivity index (χ0) is 8.15. The number of hydrogen-bond donors (Lipinski definition) is 1. The van der Waals surface area contributed by atoms with E-state index < -0.39 is 0 Å². The quantitative estimate of drug-likeness (QED) is 0.474. The Morgan fingerprint density at radius 3 is 1.90 bits per heavy atom. The van der Waals surface area contributed by atoms with Crippen molar-refractivity contribution in [1.29, 1.82) is 5.41 Å². The van der Waals surface area contributed by atoms with Crippen LogP contribution in [-0.4, -0.2) is 23.8 Å². The molecular weight excluding hydrogens is 124 g/mol. The van der Waals surface area contributed by atoms with Gasteiger partial charge in [-0.15, -0.1) is 0 Å². The minimum Gasteiger partial charge on any atom is -0.361 e. The van der Waals surface area contributed by atoms with Crippen molar-refractivity contribution < 1.29 is 0 Å². The van der Waals surface area contributed by atoms with Gasteiger partial charge in [-0.1, -0.05) is 13.8 Å². The van der Waals surface area contributed by atoms with E-state index >= 15 is 0 Å². The molecule has 0 bridgehead atoms. The summed E-state index contributed by atoms with van der Waals surface area (Å²) in [5.74, 6) is 0.661. The molecule has 0 spiro atoms. The molecule has 0 aliphatic rings. The molecule has 0 saturated heterocycles. The van der Waals surface area contributed by atoms with E-state index in [2.05, 4.69) is 13.8 Å². The summed E-state index contributed by atoms with van der Waals surface area (Å²) in [6, 6.07) is 0.553. The van der Waals surface area contributed by atoms with Crippen molar-refractivity contribution in [3.05, 3.63) is 0 Å². The fraction of sp³-hybridized carbons (Fsp3) is 0.875. The van der Waals surface area contributed by atoms with Crippen LogP contribution in [0.4, 0.5) is 0 Å². The highest BCUT2D eigenvalue weighted by Gasteiger charge is 2.09. The van der Waals surface area contributed by atoms with Crippen LogP contribution in [0.15, 0.2) is 0 Å². The lowest BCUT2D eigenvalue weighted by Crippen LogP contribution is -2.33. The topological polar surface area (TPSA) is 27.1 Å². The lowest BCUT2D eigenvalue weighted by molar-refractivity contribution is 0.342. The molecule has 0 aromatic carbocycles. The van der Waals surface area contributed by atoms with E-state index in [0.717, 1.165) is 12.8 Å². The fourth-order valence-electron chi connectivity index (χ4n) is 1.11. The second-order valence-corrected chi connectivity index (χ2v) is 2.67. The molecule has 0 saturated carbocycles. The summed E-state index contributed by atoms with van der Waals surface area (Å²) >= 11 is 0. The van der Waals surface area contributed by atoms with Gasteiger partial charge in [0.15, 0.2) is 0 Å². The Kier molecular flexibility index (Phi) is 4.08. The maximum absolute atomic E-state index is 7.36. The van der Waals surface area contributed by atoms with Gasteiger partial charge in [-0.05, 0) is 19.8 Å². The van der Waals surface area contributed by atoms with Crippen molar-refractivity contribution in [2.75, 3.05) is 7.05 Å². The summed E-state index contributed by atoms with van der Waals surface area (Å²) in [4.78, 5) is 2.03. The Bertz CT molecular complexity index is 106. The van der Waals surface area contributed by atoms with Crippen LogP contribution in [0.25, 0.3) is 0 Å². The van der Waals surface area contributed by atoms with E-state index in [1.54, 1.807) is 0 Å². The molecule has 0 radical (unpaired) electrons. The highest BCUT2D eigenvalue weighted by atomic mass is 15.2. The second-order valence-electron chi connectivity index (χ2n) is 2.67. The van der Waals surface area contributed by atoms with Crippen molar-refractivity contribution >= 4 is 5.84 Å². The molecule has 60 valence electrons. The minimum absolute atomic E-state index is 0.553. The van der Waals surface area contributed by atoms with Crippen LogP contribution in [-0.2, 0) is 0 Å². The number of rotatable bonds is 3. The third-order valence-corrected chi connectivity index (χ3v) is 2.02. The predicted octanol–water partition coefficient (Wildman–Crippen LogP) is 2.10. The summed E-state index contributed by atoms with van der Waals surface area (Å²) < 4.78 is 0. The van der Waals surface area contributed by atoms with Gasteiger partial charge in [-0.3, -0.25) is 5.41 Å². The average molecular weight is 142 g/mol. The maximum Gasteiger partial charge on any atom is 0.0925 e. The molecule has 0 aliphatic heterocycles. The molecule has 10 heavy (non-hydrogen) atoms. The first-order valence-corrected chi connectivity index (χ1v) is 3.91. The van der Waals surface area contributed by atoms with Gasteiger partial charge < -0.3 is 4.90 Å². The highest BCUT2D eigenvalue weighted by molar-refractivity contribution is 5.76. The Balaban J connectivity index is 3.88. The summed E-state index contributed by atoms with van der Waals surface area (Å²) in [6.45, 7) is 6.15. The number of nitrogens with zero attached hydrogens (tertiary/aromatic N) is 1. The van der Waals surface area contributed by atoms with Crippen molar-refractivity contribution in [3.8, 4) is 0 Å². The van der Waals surface area contributed by atoms with Crippen LogP contribution in [0, 0.1) is 5.41 Å². The van der Waals surface area contributed by atoms with Crippen LogP contribution in [0.2, 0.25) is 0 Å². The smallest absolute Gasteiger partial charge is 0.0925 e. The van der Waals surface area contributed by atoms with Gasteiger partial charge in [0.2, 0.25) is 0 Å². The van der Waals surface area contributed by atoms with Crippen LogP contribution >= 0.6 is 0 Å². The Morgan fingerprint density at radius 1 is 1.40 bits per heavy atom. The molecule has 2 heteroatoms. The van der Waals surface area contributed by atoms with Gasteiger partial charge in [-0.25, -0.2) is 0 Å². The van der Waals surface area contributed by atoms with E-state index in [4.69, 9.17) is 5.41 Å². The monoisotopic (exact) mass is 142 g/mol.